The van der Waals surface area contributed by atoms with Crippen molar-refractivity contribution in [3.05, 3.63) is 260 Å². The van der Waals surface area contributed by atoms with E-state index in [9.17, 15) is 0 Å². The zero-order valence-corrected chi connectivity index (χ0v) is 42.9. The molecule has 0 fully saturated rings. The third kappa shape index (κ3) is 8.56. The van der Waals surface area contributed by atoms with Gasteiger partial charge in [0.25, 0.3) is 6.71 Å². The summed E-state index contributed by atoms with van der Waals surface area (Å²) in [6.45, 7) is 13.5. The molecule has 10 aromatic rings. The molecule has 6 heteroatoms. The van der Waals surface area contributed by atoms with Crippen molar-refractivity contribution in [2.24, 2.45) is 0 Å². The van der Waals surface area contributed by atoms with Crippen LogP contribution < -0.4 is 40.7 Å². The van der Waals surface area contributed by atoms with Gasteiger partial charge < -0.3 is 24.3 Å². The first kappa shape index (κ1) is 46.3. The van der Waals surface area contributed by atoms with Gasteiger partial charge in [-0.15, -0.1) is 0 Å². The molecule has 0 radical (unpaired) electrons. The lowest BCUT2D eigenvalue weighted by Crippen LogP contribution is -2.61. The zero-order chi connectivity index (χ0) is 50.6. The van der Waals surface area contributed by atoms with Gasteiger partial charge in [-0.2, -0.15) is 0 Å². The fourth-order valence-corrected chi connectivity index (χ4v) is 10.9. The van der Waals surface area contributed by atoms with E-state index >= 15 is 0 Å². The van der Waals surface area contributed by atoms with Gasteiger partial charge in [0.15, 0.2) is 0 Å². The summed E-state index contributed by atoms with van der Waals surface area (Å²) < 4.78 is 7.00. The Labute approximate surface area is 437 Å². The maximum absolute atomic E-state index is 7.00. The van der Waals surface area contributed by atoms with Crippen molar-refractivity contribution in [2.45, 2.75) is 52.4 Å². The topological polar surface area (TPSA) is 22.2 Å². The molecule has 2 aliphatic rings. The summed E-state index contributed by atoms with van der Waals surface area (Å²) in [7, 11) is 0. The van der Waals surface area contributed by atoms with Crippen LogP contribution in [-0.2, 0) is 10.8 Å². The molecule has 74 heavy (non-hydrogen) atoms. The van der Waals surface area contributed by atoms with Crippen LogP contribution in [0.3, 0.4) is 0 Å². The van der Waals surface area contributed by atoms with E-state index in [1.54, 1.807) is 0 Å². The number of ether oxygens (including phenoxy) is 1. The van der Waals surface area contributed by atoms with Crippen molar-refractivity contribution in [3.63, 3.8) is 0 Å². The summed E-state index contributed by atoms with van der Waals surface area (Å²) in [6.07, 6.45) is 0. The molecule has 2 heterocycles. The minimum Gasteiger partial charge on any atom is -0.457 e. The molecule has 0 saturated heterocycles. The Kier molecular flexibility index (Phi) is 11.7. The number of rotatable bonds is 10. The SMILES string of the molecule is CC(C)(C)c1ccc(N2c3cc(N(c4ccccc4)c4ccccc4)ccc3B3c4ccc(N(c5ccccc5)c5ccccc5)cc4N(c4ccc(C(C)(C)C)cc4)c4cc(Oc5ccccc5)cc2c43)cc1. The van der Waals surface area contributed by atoms with Gasteiger partial charge >= 0.3 is 0 Å². The second-order valence-corrected chi connectivity index (χ2v) is 21.5. The van der Waals surface area contributed by atoms with E-state index in [1.165, 1.54) is 27.5 Å². The largest absolute Gasteiger partial charge is 0.457 e. The second-order valence-electron chi connectivity index (χ2n) is 21.5. The van der Waals surface area contributed by atoms with E-state index in [2.05, 4.69) is 280 Å². The van der Waals surface area contributed by atoms with Crippen LogP contribution >= 0.6 is 0 Å². The van der Waals surface area contributed by atoms with Gasteiger partial charge in [-0.05, 0) is 148 Å². The summed E-state index contributed by atoms with van der Waals surface area (Å²) in [5.41, 5.74) is 19.1. The van der Waals surface area contributed by atoms with E-state index < -0.39 is 0 Å². The number of para-hydroxylation sites is 5. The normalized spacial score (nSPS) is 12.6. The van der Waals surface area contributed by atoms with Crippen molar-refractivity contribution in [1.82, 2.24) is 0 Å². The van der Waals surface area contributed by atoms with Crippen LogP contribution in [0.5, 0.6) is 11.5 Å². The number of hydrogen-bond donors (Lipinski definition) is 0. The second kappa shape index (κ2) is 18.7. The fraction of sp³-hybridized carbons (Fsp3) is 0.118. The van der Waals surface area contributed by atoms with E-state index in [-0.39, 0.29) is 17.5 Å². The highest BCUT2D eigenvalue weighted by Gasteiger charge is 2.44. The lowest BCUT2D eigenvalue weighted by molar-refractivity contribution is 0.483. The van der Waals surface area contributed by atoms with Crippen molar-refractivity contribution < 1.29 is 4.74 Å². The van der Waals surface area contributed by atoms with Gasteiger partial charge in [0.05, 0.1) is 0 Å². The molecule has 0 amide bonds. The lowest BCUT2D eigenvalue weighted by Gasteiger charge is -2.45. The molecule has 0 unspecified atom stereocenters. The molecule has 0 atom stereocenters. The number of fused-ring (bicyclic) bond motifs is 4. The van der Waals surface area contributed by atoms with E-state index in [0.29, 0.717) is 0 Å². The molecule has 0 aliphatic carbocycles. The Morgan fingerprint density at radius 2 is 0.662 bits per heavy atom. The summed E-state index contributed by atoms with van der Waals surface area (Å²) in [6, 6.07) is 90.1. The number of hydrogen-bond acceptors (Lipinski definition) is 5. The Hall–Kier alpha value is -8.74. The van der Waals surface area contributed by atoms with Crippen molar-refractivity contribution in [2.75, 3.05) is 19.6 Å². The van der Waals surface area contributed by atoms with Crippen molar-refractivity contribution in [1.29, 1.82) is 0 Å². The molecule has 10 aromatic carbocycles. The Balaban J connectivity index is 1.16. The Morgan fingerprint density at radius 1 is 0.324 bits per heavy atom. The van der Waals surface area contributed by atoms with Crippen LogP contribution in [0.25, 0.3) is 0 Å². The first-order chi connectivity index (χ1) is 36.0. The third-order valence-electron chi connectivity index (χ3n) is 14.5. The predicted molar refractivity (Wildman–Crippen MR) is 314 cm³/mol. The summed E-state index contributed by atoms with van der Waals surface area (Å²) in [5, 5.41) is 0. The van der Waals surface area contributed by atoms with Crippen LogP contribution in [0.1, 0.15) is 52.7 Å². The first-order valence-corrected chi connectivity index (χ1v) is 25.8. The van der Waals surface area contributed by atoms with Crippen LogP contribution in [0.2, 0.25) is 0 Å². The molecule has 360 valence electrons. The molecule has 0 aromatic heterocycles. The molecule has 0 saturated carbocycles. The Bertz CT molecular complexity index is 3300. The van der Waals surface area contributed by atoms with Crippen molar-refractivity contribution in [3.8, 4) is 11.5 Å². The highest BCUT2D eigenvalue weighted by atomic mass is 16.5. The highest BCUT2D eigenvalue weighted by Crippen LogP contribution is 2.49. The van der Waals surface area contributed by atoms with Crippen LogP contribution in [0, 0.1) is 0 Å². The average Bonchev–Trinajstić information content (AvgIpc) is 3.43. The van der Waals surface area contributed by atoms with Crippen LogP contribution in [-0.4, -0.2) is 6.71 Å². The number of anilines is 12. The minimum absolute atomic E-state index is 0.0206. The quantitative estimate of drug-likeness (QED) is 0.127. The maximum Gasteiger partial charge on any atom is 0.252 e. The van der Waals surface area contributed by atoms with Gasteiger partial charge in [0.2, 0.25) is 0 Å². The smallest absolute Gasteiger partial charge is 0.252 e. The molecule has 5 nitrogen and oxygen atoms in total. The summed E-state index contributed by atoms with van der Waals surface area (Å²) >= 11 is 0. The number of nitrogens with zero attached hydrogens (tertiary/aromatic N) is 4. The van der Waals surface area contributed by atoms with Crippen LogP contribution in [0.4, 0.5) is 68.2 Å². The first-order valence-electron chi connectivity index (χ1n) is 25.8. The molecule has 0 bridgehead atoms. The highest BCUT2D eigenvalue weighted by molar-refractivity contribution is 7.00. The lowest BCUT2D eigenvalue weighted by atomic mass is 9.33. The minimum atomic E-state index is -0.141. The summed E-state index contributed by atoms with van der Waals surface area (Å²) in [4.78, 5) is 9.70. The van der Waals surface area contributed by atoms with Gasteiger partial charge in [0.1, 0.15) is 11.5 Å². The van der Waals surface area contributed by atoms with E-state index in [1.807, 2.05) is 30.3 Å². The molecular weight excluding hydrogens is 900 g/mol. The average molecular weight is 959 g/mol. The molecule has 0 spiro atoms. The van der Waals surface area contributed by atoms with Gasteiger partial charge in [-0.1, -0.05) is 169 Å². The maximum atomic E-state index is 7.00. The number of benzene rings is 10. The fourth-order valence-electron chi connectivity index (χ4n) is 10.9. The standard InChI is InChI=1S/C68H59BN4O/c1-67(2,3)48-32-36-54(37-33-48)72-62-44-56(70(50-22-12-7-13-23-50)51-24-14-8-15-25-51)40-42-60(62)69-61-43-41-57(71(52-26-16-9-17-27-52)53-28-18-10-19-29-53)45-63(61)73(55-38-34-49(35-39-55)68(4,5)6)65-47-59(46-64(72)66(65)69)74-58-30-20-11-21-31-58/h7-47H,1-6H3. The Morgan fingerprint density at radius 3 is 1.00 bits per heavy atom. The van der Waals surface area contributed by atoms with Crippen LogP contribution in [0.15, 0.2) is 249 Å². The predicted octanol–water partition coefficient (Wildman–Crippen LogP) is 17.1. The molecule has 2 aliphatic heterocycles. The van der Waals surface area contributed by atoms with Gasteiger partial charge in [0, 0.05) is 80.4 Å². The monoisotopic (exact) mass is 958 g/mol. The molecule has 12 rings (SSSR count). The third-order valence-corrected chi connectivity index (χ3v) is 14.5. The molecular formula is C68H59BN4O. The van der Waals surface area contributed by atoms with Gasteiger partial charge in [-0.25, -0.2) is 0 Å². The van der Waals surface area contributed by atoms with Gasteiger partial charge in [-0.3, -0.25) is 0 Å². The van der Waals surface area contributed by atoms with Crippen molar-refractivity contribution >= 4 is 91.3 Å². The zero-order valence-electron chi connectivity index (χ0n) is 42.9. The van der Waals surface area contributed by atoms with E-state index in [4.69, 9.17) is 4.74 Å². The summed E-state index contributed by atoms with van der Waals surface area (Å²) in [5.74, 6) is 1.53. The van der Waals surface area contributed by atoms with E-state index in [0.717, 1.165) is 79.7 Å². The molecule has 0 N–H and O–H groups in total.